The zero-order valence-electron chi connectivity index (χ0n) is 18.9. The number of nitrogens with zero attached hydrogens (tertiary/aromatic N) is 3. The minimum atomic E-state index is 0. The molecule has 0 spiro atoms. The summed E-state index contributed by atoms with van der Waals surface area (Å²) in [7, 11) is 0. The van der Waals surface area contributed by atoms with E-state index in [0.717, 1.165) is 50.0 Å². The second-order valence-electron chi connectivity index (χ2n) is 8.67. The van der Waals surface area contributed by atoms with Crippen LogP contribution in [0.2, 0.25) is 0 Å². The Kier molecular flexibility index (Phi) is 9.15. The molecule has 2 aromatic rings. The van der Waals surface area contributed by atoms with Gasteiger partial charge in [-0.15, -0.1) is 24.0 Å². The van der Waals surface area contributed by atoms with Gasteiger partial charge in [0, 0.05) is 37.8 Å². The van der Waals surface area contributed by atoms with Crippen molar-refractivity contribution in [3.05, 3.63) is 52.9 Å². The molecule has 1 aliphatic heterocycles. The maximum absolute atomic E-state index is 5.41. The average molecular weight is 525 g/mol. The molecule has 0 saturated carbocycles. The Labute approximate surface area is 197 Å². The van der Waals surface area contributed by atoms with Gasteiger partial charge in [-0.1, -0.05) is 43.3 Å². The third kappa shape index (κ3) is 6.44. The lowest BCUT2D eigenvalue weighted by Crippen LogP contribution is -2.54. The number of aliphatic imine (C=N–C) groups is 1. The van der Waals surface area contributed by atoms with E-state index in [1.807, 2.05) is 6.07 Å². The van der Waals surface area contributed by atoms with E-state index in [4.69, 9.17) is 4.52 Å². The topological polar surface area (TPSA) is 65.7 Å². The number of aromatic nitrogens is 1. The minimum absolute atomic E-state index is 0. The number of fused-ring (bicyclic) bond motifs is 1. The van der Waals surface area contributed by atoms with Crippen LogP contribution in [0.1, 0.15) is 63.1 Å². The molecule has 6 nitrogen and oxygen atoms in total. The normalized spacial score (nSPS) is 14.9. The molecule has 0 radical (unpaired) electrons. The number of nitrogens with one attached hydrogen (secondary N) is 2. The summed E-state index contributed by atoms with van der Waals surface area (Å²) < 4.78 is 5.41. The van der Waals surface area contributed by atoms with Crippen molar-refractivity contribution in [1.29, 1.82) is 0 Å². The van der Waals surface area contributed by atoms with E-state index in [2.05, 4.69) is 84.6 Å². The molecule has 7 heteroatoms. The van der Waals surface area contributed by atoms with E-state index in [1.165, 1.54) is 11.1 Å². The molecule has 0 amide bonds. The molecule has 2 heterocycles. The number of guanidine groups is 1. The van der Waals surface area contributed by atoms with Gasteiger partial charge in [-0.05, 0) is 44.2 Å². The van der Waals surface area contributed by atoms with E-state index in [9.17, 15) is 0 Å². The van der Waals surface area contributed by atoms with Gasteiger partial charge in [0.15, 0.2) is 11.7 Å². The Morgan fingerprint density at radius 3 is 2.63 bits per heavy atom. The van der Waals surface area contributed by atoms with Gasteiger partial charge in [0.05, 0.1) is 5.69 Å². The second kappa shape index (κ2) is 11.1. The molecule has 0 atom stereocenters. The van der Waals surface area contributed by atoms with Gasteiger partial charge in [-0.3, -0.25) is 4.90 Å². The van der Waals surface area contributed by atoms with Crippen molar-refractivity contribution in [2.75, 3.05) is 19.6 Å². The molecule has 0 fully saturated rings. The van der Waals surface area contributed by atoms with Gasteiger partial charge in [0.1, 0.15) is 6.54 Å². The molecule has 1 aliphatic rings. The number of rotatable bonds is 7. The summed E-state index contributed by atoms with van der Waals surface area (Å²) in [6.07, 6.45) is 1.11. The molecule has 0 saturated heterocycles. The lowest BCUT2D eigenvalue weighted by Gasteiger charge is -2.42. The largest absolute Gasteiger partial charge is 0.359 e. The maximum atomic E-state index is 5.41. The van der Waals surface area contributed by atoms with E-state index in [1.54, 1.807) is 0 Å². The minimum Gasteiger partial charge on any atom is -0.359 e. The Hall–Kier alpha value is -1.61. The Morgan fingerprint density at radius 2 is 1.97 bits per heavy atom. The van der Waals surface area contributed by atoms with Crippen LogP contribution in [0, 0.1) is 0 Å². The summed E-state index contributed by atoms with van der Waals surface area (Å²) in [5.74, 6) is 1.96. The lowest BCUT2D eigenvalue weighted by atomic mass is 9.94. The summed E-state index contributed by atoms with van der Waals surface area (Å²) in [5, 5.41) is 11.0. The summed E-state index contributed by atoms with van der Waals surface area (Å²) in [4.78, 5) is 7.24. The third-order valence-corrected chi connectivity index (χ3v) is 5.58. The smallest absolute Gasteiger partial charge is 0.191 e. The first-order valence-electron chi connectivity index (χ1n) is 10.7. The fraction of sp³-hybridized carbons (Fsp3) is 0.565. The van der Waals surface area contributed by atoms with Gasteiger partial charge in [-0.2, -0.15) is 0 Å². The molecule has 166 valence electrons. The van der Waals surface area contributed by atoms with Crippen LogP contribution in [0.3, 0.4) is 0 Å². The van der Waals surface area contributed by atoms with Crippen molar-refractivity contribution in [2.45, 2.75) is 65.6 Å². The predicted octanol–water partition coefficient (Wildman–Crippen LogP) is 4.31. The van der Waals surface area contributed by atoms with E-state index >= 15 is 0 Å². The highest BCUT2D eigenvalue weighted by molar-refractivity contribution is 14.0. The molecule has 1 aromatic heterocycles. The van der Waals surface area contributed by atoms with E-state index < -0.39 is 0 Å². The average Bonchev–Trinajstić information content (AvgIpc) is 3.19. The van der Waals surface area contributed by atoms with Gasteiger partial charge < -0.3 is 15.2 Å². The number of hydrogen-bond donors (Lipinski definition) is 2. The molecular formula is C23H36IN5O. The number of benzene rings is 1. The molecule has 0 aliphatic carbocycles. The van der Waals surface area contributed by atoms with Crippen molar-refractivity contribution in [1.82, 2.24) is 20.7 Å². The molecule has 3 rings (SSSR count). The first kappa shape index (κ1) is 24.7. The molecule has 0 unspecified atom stereocenters. The predicted molar refractivity (Wildman–Crippen MR) is 133 cm³/mol. The molecule has 2 N–H and O–H groups in total. The van der Waals surface area contributed by atoms with Crippen LogP contribution in [0.15, 0.2) is 39.8 Å². The maximum Gasteiger partial charge on any atom is 0.191 e. The Balaban J connectivity index is 0.00000320. The summed E-state index contributed by atoms with van der Waals surface area (Å²) >= 11 is 0. The standard InChI is InChI=1S/C23H35N5O.HI/c1-6-24-22(25-14-20-13-21(17(2)3)27-29-20)26-16-23(4,5)28-12-11-18-9-7-8-10-19(18)15-28;/h7-10,13,17H,6,11-12,14-16H2,1-5H3,(H2,24,25,26);1H. The van der Waals surface area contributed by atoms with Crippen LogP contribution in [-0.2, 0) is 19.5 Å². The fourth-order valence-corrected chi connectivity index (χ4v) is 3.60. The number of hydrogen-bond acceptors (Lipinski definition) is 4. The van der Waals surface area contributed by atoms with Gasteiger partial charge in [-0.25, -0.2) is 4.99 Å². The summed E-state index contributed by atoms with van der Waals surface area (Å²) in [6.45, 7) is 15.1. The van der Waals surface area contributed by atoms with E-state index in [0.29, 0.717) is 12.5 Å². The van der Waals surface area contributed by atoms with Crippen molar-refractivity contribution in [3.63, 3.8) is 0 Å². The third-order valence-electron chi connectivity index (χ3n) is 5.58. The monoisotopic (exact) mass is 525 g/mol. The first-order valence-corrected chi connectivity index (χ1v) is 10.7. The zero-order valence-corrected chi connectivity index (χ0v) is 21.2. The first-order chi connectivity index (χ1) is 13.9. The van der Waals surface area contributed by atoms with Crippen molar-refractivity contribution in [2.24, 2.45) is 4.99 Å². The zero-order chi connectivity index (χ0) is 20.9. The molecule has 0 bridgehead atoms. The second-order valence-corrected chi connectivity index (χ2v) is 8.67. The quantitative estimate of drug-likeness (QED) is 0.321. The highest BCUT2D eigenvalue weighted by atomic mass is 127. The summed E-state index contributed by atoms with van der Waals surface area (Å²) in [5.41, 5.74) is 3.91. The number of halogens is 1. The fourth-order valence-electron chi connectivity index (χ4n) is 3.60. The summed E-state index contributed by atoms with van der Waals surface area (Å²) in [6, 6.07) is 10.8. The molecule has 30 heavy (non-hydrogen) atoms. The van der Waals surface area contributed by atoms with Gasteiger partial charge >= 0.3 is 0 Å². The van der Waals surface area contributed by atoms with Crippen LogP contribution >= 0.6 is 24.0 Å². The van der Waals surface area contributed by atoms with Crippen LogP contribution < -0.4 is 10.6 Å². The molecule has 1 aromatic carbocycles. The van der Waals surface area contributed by atoms with E-state index in [-0.39, 0.29) is 29.5 Å². The lowest BCUT2D eigenvalue weighted by molar-refractivity contribution is 0.107. The van der Waals surface area contributed by atoms with Crippen molar-refractivity contribution < 1.29 is 4.52 Å². The highest BCUT2D eigenvalue weighted by Crippen LogP contribution is 2.25. The highest BCUT2D eigenvalue weighted by Gasteiger charge is 2.29. The van der Waals surface area contributed by atoms with Crippen molar-refractivity contribution in [3.8, 4) is 0 Å². The van der Waals surface area contributed by atoms with Gasteiger partial charge in [0.2, 0.25) is 0 Å². The van der Waals surface area contributed by atoms with Crippen LogP contribution in [0.25, 0.3) is 0 Å². The van der Waals surface area contributed by atoms with Crippen LogP contribution in [-0.4, -0.2) is 41.2 Å². The molecular weight excluding hydrogens is 489 g/mol. The Morgan fingerprint density at radius 1 is 1.23 bits per heavy atom. The van der Waals surface area contributed by atoms with Crippen LogP contribution in [0.4, 0.5) is 0 Å². The van der Waals surface area contributed by atoms with Crippen molar-refractivity contribution >= 4 is 29.9 Å². The van der Waals surface area contributed by atoms with Crippen LogP contribution in [0.5, 0.6) is 0 Å². The Bertz CT molecular complexity index is 831. The van der Waals surface area contributed by atoms with Gasteiger partial charge in [0.25, 0.3) is 0 Å². The SMILES string of the molecule is CCNC(=NCc1cc(C(C)C)no1)NCC(C)(C)N1CCc2ccccc2C1.I.